The highest BCUT2D eigenvalue weighted by Gasteiger charge is 2.37. The first kappa shape index (κ1) is 11.3. The molecule has 3 saturated heterocycles. The van der Waals surface area contributed by atoms with Gasteiger partial charge in [0.2, 0.25) is 0 Å². The maximum absolute atomic E-state index is 5.57. The lowest BCUT2D eigenvalue weighted by Gasteiger charge is -2.50. The molecule has 0 saturated carbocycles. The van der Waals surface area contributed by atoms with Gasteiger partial charge in [-0.1, -0.05) is 0 Å². The van der Waals surface area contributed by atoms with Crippen LogP contribution < -0.4 is 0 Å². The molecule has 2 bridgehead atoms. The molecule has 0 radical (unpaired) electrons. The molecular weight excluding hydrogens is 192 g/mol. The van der Waals surface area contributed by atoms with Crippen LogP contribution in [-0.4, -0.2) is 82.1 Å². The Hall–Kier alpha value is -0.160. The maximum Gasteiger partial charge on any atom is 0.103 e. The van der Waals surface area contributed by atoms with Crippen molar-refractivity contribution in [2.45, 2.75) is 0 Å². The maximum atomic E-state index is 5.57. The molecular formula is C11H23N2O2+. The van der Waals surface area contributed by atoms with Gasteiger partial charge in [-0.05, 0) is 0 Å². The lowest BCUT2D eigenvalue weighted by atomic mass is 10.1. The fourth-order valence-corrected chi connectivity index (χ4v) is 2.57. The second-order valence-electron chi connectivity index (χ2n) is 4.68. The van der Waals surface area contributed by atoms with Crippen LogP contribution in [0.25, 0.3) is 0 Å². The van der Waals surface area contributed by atoms with Crippen LogP contribution in [0.3, 0.4) is 0 Å². The van der Waals surface area contributed by atoms with Gasteiger partial charge < -0.3 is 14.0 Å². The summed E-state index contributed by atoms with van der Waals surface area (Å²) in [6.07, 6.45) is 0. The highest BCUT2D eigenvalue weighted by atomic mass is 16.5. The van der Waals surface area contributed by atoms with Crippen LogP contribution in [-0.2, 0) is 9.47 Å². The molecule has 0 aromatic carbocycles. The van der Waals surface area contributed by atoms with Crippen LogP contribution in [0, 0.1) is 0 Å². The SMILES string of the molecule is COCCOCC[N+]12CCN(CC1)CC2. The Balaban J connectivity index is 1.64. The van der Waals surface area contributed by atoms with E-state index in [4.69, 9.17) is 9.47 Å². The molecule has 0 spiro atoms. The Bertz CT molecular complexity index is 177. The number of piperazine rings is 3. The first-order valence-corrected chi connectivity index (χ1v) is 5.99. The van der Waals surface area contributed by atoms with Gasteiger partial charge in [-0.3, -0.25) is 4.90 Å². The van der Waals surface area contributed by atoms with Crippen LogP contribution in [0.5, 0.6) is 0 Å². The molecule has 3 rings (SSSR count). The molecule has 15 heavy (non-hydrogen) atoms. The number of fused-ring (bicyclic) bond motifs is 3. The van der Waals surface area contributed by atoms with E-state index in [1.165, 1.54) is 50.3 Å². The zero-order valence-corrected chi connectivity index (χ0v) is 9.78. The van der Waals surface area contributed by atoms with E-state index in [2.05, 4.69) is 4.90 Å². The summed E-state index contributed by atoms with van der Waals surface area (Å²) in [5.41, 5.74) is 0. The Morgan fingerprint density at radius 3 is 2.27 bits per heavy atom. The third-order valence-electron chi connectivity index (χ3n) is 3.81. The van der Waals surface area contributed by atoms with Crippen molar-refractivity contribution in [2.24, 2.45) is 0 Å². The molecule has 0 N–H and O–H groups in total. The smallest absolute Gasteiger partial charge is 0.103 e. The average molecular weight is 215 g/mol. The second kappa shape index (κ2) is 5.25. The van der Waals surface area contributed by atoms with Gasteiger partial charge in [0.05, 0.1) is 39.5 Å². The molecule has 3 aliphatic heterocycles. The van der Waals surface area contributed by atoms with Crippen molar-refractivity contribution in [3.63, 3.8) is 0 Å². The van der Waals surface area contributed by atoms with Crippen LogP contribution in [0.1, 0.15) is 0 Å². The molecule has 3 heterocycles. The van der Waals surface area contributed by atoms with Gasteiger partial charge in [-0.2, -0.15) is 0 Å². The number of nitrogens with zero attached hydrogens (tertiary/aromatic N) is 2. The Labute approximate surface area is 92.3 Å². The normalized spacial score (nSPS) is 34.6. The zero-order chi connectivity index (χ0) is 10.6. The van der Waals surface area contributed by atoms with Crippen molar-refractivity contribution in [2.75, 3.05) is 72.7 Å². The van der Waals surface area contributed by atoms with E-state index in [-0.39, 0.29) is 0 Å². The quantitative estimate of drug-likeness (QED) is 0.452. The van der Waals surface area contributed by atoms with Gasteiger partial charge in [0.1, 0.15) is 6.54 Å². The molecule has 3 aliphatic rings. The Morgan fingerprint density at radius 2 is 1.67 bits per heavy atom. The average Bonchev–Trinajstić information content (AvgIpc) is 2.31. The third-order valence-corrected chi connectivity index (χ3v) is 3.81. The molecule has 4 nitrogen and oxygen atoms in total. The van der Waals surface area contributed by atoms with E-state index in [0.717, 1.165) is 13.2 Å². The van der Waals surface area contributed by atoms with Crippen LogP contribution in [0.4, 0.5) is 0 Å². The van der Waals surface area contributed by atoms with Gasteiger partial charge in [0.15, 0.2) is 0 Å². The van der Waals surface area contributed by atoms with E-state index in [9.17, 15) is 0 Å². The van der Waals surface area contributed by atoms with E-state index >= 15 is 0 Å². The first-order valence-electron chi connectivity index (χ1n) is 5.99. The third kappa shape index (κ3) is 2.91. The Kier molecular flexibility index (Phi) is 3.97. The van der Waals surface area contributed by atoms with E-state index in [0.29, 0.717) is 6.61 Å². The fraction of sp³-hybridized carbons (Fsp3) is 1.00. The van der Waals surface area contributed by atoms with Crippen molar-refractivity contribution >= 4 is 0 Å². The summed E-state index contributed by atoms with van der Waals surface area (Å²) in [6, 6.07) is 0. The summed E-state index contributed by atoms with van der Waals surface area (Å²) in [4.78, 5) is 2.58. The molecule has 0 aliphatic carbocycles. The second-order valence-corrected chi connectivity index (χ2v) is 4.68. The number of methoxy groups -OCH3 is 1. The summed E-state index contributed by atoms with van der Waals surface area (Å²) in [6.45, 7) is 11.4. The zero-order valence-electron chi connectivity index (χ0n) is 9.78. The van der Waals surface area contributed by atoms with Crippen molar-refractivity contribution in [1.29, 1.82) is 0 Å². The predicted molar refractivity (Wildman–Crippen MR) is 58.9 cm³/mol. The number of ether oxygens (including phenoxy) is 2. The summed E-state index contributed by atoms with van der Waals surface area (Å²) in [5.74, 6) is 0. The van der Waals surface area contributed by atoms with Crippen LogP contribution in [0.15, 0.2) is 0 Å². The minimum absolute atomic E-state index is 0.716. The van der Waals surface area contributed by atoms with Gasteiger partial charge in [-0.15, -0.1) is 0 Å². The predicted octanol–water partition coefficient (Wildman–Crippen LogP) is -0.205. The highest BCUT2D eigenvalue weighted by molar-refractivity contribution is 4.70. The van der Waals surface area contributed by atoms with Gasteiger partial charge in [0.25, 0.3) is 0 Å². The summed E-state index contributed by atoms with van der Waals surface area (Å²) < 4.78 is 11.8. The lowest BCUT2D eigenvalue weighted by Crippen LogP contribution is -2.67. The Morgan fingerprint density at radius 1 is 1.00 bits per heavy atom. The minimum Gasteiger partial charge on any atom is -0.382 e. The fourth-order valence-electron chi connectivity index (χ4n) is 2.57. The highest BCUT2D eigenvalue weighted by Crippen LogP contribution is 2.18. The molecule has 0 unspecified atom stereocenters. The molecule has 0 aromatic heterocycles. The van der Waals surface area contributed by atoms with Crippen molar-refractivity contribution in [3.8, 4) is 0 Å². The topological polar surface area (TPSA) is 21.7 Å². The molecule has 0 aromatic rings. The molecule has 88 valence electrons. The number of hydrogen-bond donors (Lipinski definition) is 0. The monoisotopic (exact) mass is 215 g/mol. The number of hydrogen-bond acceptors (Lipinski definition) is 3. The van der Waals surface area contributed by atoms with E-state index in [1.807, 2.05) is 0 Å². The molecule has 0 atom stereocenters. The van der Waals surface area contributed by atoms with E-state index < -0.39 is 0 Å². The van der Waals surface area contributed by atoms with Gasteiger partial charge >= 0.3 is 0 Å². The first-order chi connectivity index (χ1) is 7.35. The van der Waals surface area contributed by atoms with Gasteiger partial charge in [-0.25, -0.2) is 0 Å². The number of rotatable bonds is 6. The summed E-state index contributed by atoms with van der Waals surface area (Å²) in [5, 5.41) is 0. The molecule has 0 amide bonds. The largest absolute Gasteiger partial charge is 0.382 e. The van der Waals surface area contributed by atoms with Crippen molar-refractivity contribution in [1.82, 2.24) is 4.90 Å². The molecule has 3 fully saturated rings. The standard InChI is InChI=1S/C11H23N2O2/c1-14-10-11-15-9-8-13-5-2-12(3-6-13)4-7-13/h2-11H2,1H3/q+1. The van der Waals surface area contributed by atoms with E-state index in [1.54, 1.807) is 7.11 Å². The van der Waals surface area contributed by atoms with Crippen molar-refractivity contribution < 1.29 is 14.0 Å². The number of quaternary nitrogens is 1. The minimum atomic E-state index is 0.716. The van der Waals surface area contributed by atoms with Crippen LogP contribution >= 0.6 is 0 Å². The van der Waals surface area contributed by atoms with Crippen LogP contribution in [0.2, 0.25) is 0 Å². The lowest BCUT2D eigenvalue weighted by molar-refractivity contribution is -0.941. The molecule has 4 heteroatoms. The van der Waals surface area contributed by atoms with Gasteiger partial charge in [0, 0.05) is 26.7 Å². The summed E-state index contributed by atoms with van der Waals surface area (Å²) >= 11 is 0. The van der Waals surface area contributed by atoms with Crippen molar-refractivity contribution in [3.05, 3.63) is 0 Å². The summed E-state index contributed by atoms with van der Waals surface area (Å²) in [7, 11) is 1.72.